The SMILES string of the molecule is COc1ccc(C(C)NC(=O)Nc2ccc(C(C)(C)C)cc2)cc1OC. The van der Waals surface area contributed by atoms with Crippen LogP contribution in [-0.2, 0) is 5.41 Å². The molecule has 26 heavy (non-hydrogen) atoms. The van der Waals surface area contributed by atoms with Crippen molar-refractivity contribution in [2.45, 2.75) is 39.2 Å². The predicted molar refractivity (Wildman–Crippen MR) is 105 cm³/mol. The van der Waals surface area contributed by atoms with Crippen molar-refractivity contribution < 1.29 is 14.3 Å². The minimum atomic E-state index is -0.254. The summed E-state index contributed by atoms with van der Waals surface area (Å²) in [5.41, 5.74) is 3.00. The molecule has 1 unspecified atom stereocenters. The number of hydrogen-bond acceptors (Lipinski definition) is 3. The summed E-state index contributed by atoms with van der Waals surface area (Å²) >= 11 is 0. The second kappa shape index (κ2) is 8.13. The number of amides is 2. The summed E-state index contributed by atoms with van der Waals surface area (Å²) in [5, 5.41) is 5.80. The second-order valence-corrected chi connectivity index (χ2v) is 7.26. The third kappa shape index (κ3) is 4.91. The lowest BCUT2D eigenvalue weighted by atomic mass is 9.87. The number of carbonyl (C=O) groups is 1. The summed E-state index contributed by atoms with van der Waals surface area (Å²) in [6.45, 7) is 8.40. The fourth-order valence-corrected chi connectivity index (χ4v) is 2.62. The molecule has 0 bridgehead atoms. The number of ether oxygens (including phenoxy) is 2. The highest BCUT2D eigenvalue weighted by Crippen LogP contribution is 2.30. The van der Waals surface area contributed by atoms with Gasteiger partial charge in [0.1, 0.15) is 0 Å². The van der Waals surface area contributed by atoms with Crippen molar-refractivity contribution in [2.75, 3.05) is 19.5 Å². The van der Waals surface area contributed by atoms with Crippen LogP contribution in [0.2, 0.25) is 0 Å². The van der Waals surface area contributed by atoms with E-state index in [9.17, 15) is 4.79 Å². The predicted octanol–water partition coefficient (Wildman–Crippen LogP) is 4.88. The third-order valence-electron chi connectivity index (χ3n) is 4.26. The van der Waals surface area contributed by atoms with E-state index in [1.54, 1.807) is 14.2 Å². The zero-order valence-corrected chi connectivity index (χ0v) is 16.3. The van der Waals surface area contributed by atoms with Crippen LogP contribution >= 0.6 is 0 Å². The first-order chi connectivity index (χ1) is 12.2. The van der Waals surface area contributed by atoms with Gasteiger partial charge >= 0.3 is 6.03 Å². The van der Waals surface area contributed by atoms with Crippen LogP contribution in [0.1, 0.15) is 44.9 Å². The maximum Gasteiger partial charge on any atom is 0.319 e. The van der Waals surface area contributed by atoms with Gasteiger partial charge in [-0.3, -0.25) is 0 Å². The van der Waals surface area contributed by atoms with Crippen LogP contribution in [0.3, 0.4) is 0 Å². The first-order valence-electron chi connectivity index (χ1n) is 8.64. The van der Waals surface area contributed by atoms with E-state index in [2.05, 4.69) is 31.4 Å². The molecule has 5 heteroatoms. The van der Waals surface area contributed by atoms with Gasteiger partial charge in [0.25, 0.3) is 0 Å². The van der Waals surface area contributed by atoms with Crippen LogP contribution in [0.4, 0.5) is 10.5 Å². The summed E-state index contributed by atoms with van der Waals surface area (Å²) in [6, 6.07) is 13.1. The molecule has 0 heterocycles. The molecular formula is C21H28N2O3. The summed E-state index contributed by atoms with van der Waals surface area (Å²) in [4.78, 5) is 12.3. The van der Waals surface area contributed by atoms with Crippen molar-refractivity contribution in [3.8, 4) is 11.5 Å². The number of carbonyl (C=O) groups excluding carboxylic acids is 1. The molecule has 0 aliphatic heterocycles. The fraction of sp³-hybridized carbons (Fsp3) is 0.381. The van der Waals surface area contributed by atoms with E-state index in [0.717, 1.165) is 11.3 Å². The van der Waals surface area contributed by atoms with Crippen molar-refractivity contribution in [3.05, 3.63) is 53.6 Å². The Kier molecular flexibility index (Phi) is 6.14. The molecule has 2 aromatic carbocycles. The lowest BCUT2D eigenvalue weighted by molar-refractivity contribution is 0.249. The van der Waals surface area contributed by atoms with E-state index >= 15 is 0 Å². The number of nitrogens with one attached hydrogen (secondary N) is 2. The highest BCUT2D eigenvalue weighted by Gasteiger charge is 2.15. The lowest BCUT2D eigenvalue weighted by Gasteiger charge is -2.20. The largest absolute Gasteiger partial charge is 0.493 e. The molecule has 2 aromatic rings. The average molecular weight is 356 g/mol. The van der Waals surface area contributed by atoms with E-state index in [1.807, 2.05) is 49.4 Å². The molecule has 1 atom stereocenters. The van der Waals surface area contributed by atoms with E-state index in [4.69, 9.17) is 9.47 Å². The molecule has 0 aliphatic carbocycles. The summed E-state index contributed by atoms with van der Waals surface area (Å²) < 4.78 is 10.6. The van der Waals surface area contributed by atoms with Gasteiger partial charge < -0.3 is 20.1 Å². The molecule has 2 N–H and O–H groups in total. The second-order valence-electron chi connectivity index (χ2n) is 7.26. The van der Waals surface area contributed by atoms with E-state index in [-0.39, 0.29) is 17.5 Å². The van der Waals surface area contributed by atoms with Gasteiger partial charge in [0.2, 0.25) is 0 Å². The zero-order valence-electron chi connectivity index (χ0n) is 16.3. The van der Waals surface area contributed by atoms with Crippen LogP contribution in [0.5, 0.6) is 11.5 Å². The highest BCUT2D eigenvalue weighted by molar-refractivity contribution is 5.89. The first-order valence-corrected chi connectivity index (χ1v) is 8.64. The van der Waals surface area contributed by atoms with E-state index < -0.39 is 0 Å². The molecular weight excluding hydrogens is 328 g/mol. The lowest BCUT2D eigenvalue weighted by Crippen LogP contribution is -2.31. The summed E-state index contributed by atoms with van der Waals surface area (Å²) in [6.07, 6.45) is 0. The van der Waals surface area contributed by atoms with Crippen LogP contribution in [0, 0.1) is 0 Å². The molecule has 0 aliphatic rings. The maximum absolute atomic E-state index is 12.3. The van der Waals surface area contributed by atoms with Crippen molar-refractivity contribution >= 4 is 11.7 Å². The van der Waals surface area contributed by atoms with Crippen molar-refractivity contribution in [2.24, 2.45) is 0 Å². The average Bonchev–Trinajstić information content (AvgIpc) is 2.60. The van der Waals surface area contributed by atoms with Crippen LogP contribution in [0.15, 0.2) is 42.5 Å². The summed E-state index contributed by atoms with van der Waals surface area (Å²) in [5.74, 6) is 1.30. The molecule has 0 fully saturated rings. The van der Waals surface area contributed by atoms with Gasteiger partial charge in [0.05, 0.1) is 20.3 Å². The van der Waals surface area contributed by atoms with E-state index in [0.29, 0.717) is 11.5 Å². The Hall–Kier alpha value is -2.69. The Balaban J connectivity index is 2.01. The Morgan fingerprint density at radius 2 is 1.58 bits per heavy atom. The smallest absolute Gasteiger partial charge is 0.319 e. The topological polar surface area (TPSA) is 59.6 Å². The molecule has 140 valence electrons. The zero-order chi connectivity index (χ0) is 19.3. The first kappa shape index (κ1) is 19.6. The number of urea groups is 1. The number of rotatable bonds is 5. The van der Waals surface area contributed by atoms with Crippen LogP contribution in [-0.4, -0.2) is 20.3 Å². The van der Waals surface area contributed by atoms with Gasteiger partial charge in [-0.05, 0) is 47.7 Å². The van der Waals surface area contributed by atoms with Crippen molar-refractivity contribution in [1.29, 1.82) is 0 Å². The van der Waals surface area contributed by atoms with Crippen LogP contribution < -0.4 is 20.1 Å². The van der Waals surface area contributed by atoms with Crippen molar-refractivity contribution in [3.63, 3.8) is 0 Å². The molecule has 0 radical (unpaired) electrons. The minimum absolute atomic E-state index is 0.0860. The van der Waals surface area contributed by atoms with Gasteiger partial charge in [-0.2, -0.15) is 0 Å². The van der Waals surface area contributed by atoms with Crippen molar-refractivity contribution in [1.82, 2.24) is 5.32 Å². The quantitative estimate of drug-likeness (QED) is 0.802. The Morgan fingerprint density at radius 1 is 0.962 bits per heavy atom. The minimum Gasteiger partial charge on any atom is -0.493 e. The van der Waals surface area contributed by atoms with Gasteiger partial charge in [-0.25, -0.2) is 4.79 Å². The normalized spacial score (nSPS) is 12.2. The number of hydrogen-bond donors (Lipinski definition) is 2. The number of benzene rings is 2. The standard InChI is InChI=1S/C21H28N2O3/c1-14(15-7-12-18(25-5)19(13-15)26-6)22-20(24)23-17-10-8-16(9-11-17)21(2,3)4/h7-14H,1-6H3,(H2,22,23,24). The molecule has 5 nitrogen and oxygen atoms in total. The number of methoxy groups -OCH3 is 2. The maximum atomic E-state index is 12.3. The Bertz CT molecular complexity index is 749. The monoisotopic (exact) mass is 356 g/mol. The van der Waals surface area contributed by atoms with Crippen LogP contribution in [0.25, 0.3) is 0 Å². The summed E-state index contributed by atoms with van der Waals surface area (Å²) in [7, 11) is 3.19. The van der Waals surface area contributed by atoms with Gasteiger partial charge in [-0.1, -0.05) is 39.0 Å². The fourth-order valence-electron chi connectivity index (χ4n) is 2.62. The van der Waals surface area contributed by atoms with Gasteiger partial charge in [0, 0.05) is 5.69 Å². The molecule has 0 saturated heterocycles. The molecule has 2 amide bonds. The molecule has 0 spiro atoms. The van der Waals surface area contributed by atoms with Gasteiger partial charge in [-0.15, -0.1) is 0 Å². The van der Waals surface area contributed by atoms with E-state index in [1.165, 1.54) is 5.56 Å². The molecule has 2 rings (SSSR count). The highest BCUT2D eigenvalue weighted by atomic mass is 16.5. The Labute approximate surface area is 155 Å². The molecule has 0 saturated carbocycles. The van der Waals surface area contributed by atoms with Gasteiger partial charge in [0.15, 0.2) is 11.5 Å². The molecule has 0 aromatic heterocycles. The number of anilines is 1. The third-order valence-corrected chi connectivity index (χ3v) is 4.26. The Morgan fingerprint density at radius 3 is 2.12 bits per heavy atom.